The third-order valence-electron chi connectivity index (χ3n) is 3.06. The lowest BCUT2D eigenvalue weighted by molar-refractivity contribution is 0.561. The molecule has 1 nitrogen and oxygen atoms in total. The molecule has 1 aliphatic rings. The lowest BCUT2D eigenvalue weighted by Gasteiger charge is -2.19. The van der Waals surface area contributed by atoms with Gasteiger partial charge in [-0.25, -0.2) is 8.78 Å². The Morgan fingerprint density at radius 3 is 2.69 bits per heavy atom. The second-order valence-corrected chi connectivity index (χ2v) is 4.32. The van der Waals surface area contributed by atoms with Crippen LogP contribution >= 0.6 is 0 Å². The van der Waals surface area contributed by atoms with Gasteiger partial charge < -0.3 is 5.73 Å². The van der Waals surface area contributed by atoms with Crippen molar-refractivity contribution in [1.29, 1.82) is 0 Å². The number of hydrogen-bond acceptors (Lipinski definition) is 1. The Labute approximate surface area is 94.0 Å². The smallest absolute Gasteiger partial charge is 0.136 e. The Morgan fingerprint density at radius 2 is 2.06 bits per heavy atom. The fourth-order valence-corrected chi connectivity index (χ4v) is 2.03. The van der Waals surface area contributed by atoms with Gasteiger partial charge >= 0.3 is 0 Å². The summed E-state index contributed by atoms with van der Waals surface area (Å²) < 4.78 is 27.4. The number of benzene rings is 1. The lowest BCUT2D eigenvalue weighted by Crippen LogP contribution is -2.21. The van der Waals surface area contributed by atoms with Crippen molar-refractivity contribution < 1.29 is 8.78 Å². The minimum atomic E-state index is -0.482. The minimum absolute atomic E-state index is 0.125. The Balaban J connectivity index is 2.44. The molecule has 0 aromatic heterocycles. The summed E-state index contributed by atoms with van der Waals surface area (Å²) in [6, 6.07) is 2.91. The molecule has 2 N–H and O–H groups in total. The summed E-state index contributed by atoms with van der Waals surface area (Å²) in [6.07, 6.45) is 3.99. The van der Waals surface area contributed by atoms with Gasteiger partial charge in [0.25, 0.3) is 0 Å². The van der Waals surface area contributed by atoms with Crippen molar-refractivity contribution in [1.82, 2.24) is 0 Å². The van der Waals surface area contributed by atoms with Gasteiger partial charge in [-0.3, -0.25) is 0 Å². The first-order valence-electron chi connectivity index (χ1n) is 5.49. The van der Waals surface area contributed by atoms with Crippen LogP contribution in [0, 0.1) is 18.6 Å². The predicted molar refractivity (Wildman–Crippen MR) is 60.9 cm³/mol. The maximum absolute atomic E-state index is 13.8. The van der Waals surface area contributed by atoms with Crippen LogP contribution in [-0.2, 0) is 0 Å². The Morgan fingerprint density at radius 1 is 1.31 bits per heavy atom. The number of rotatable bonds is 1. The van der Waals surface area contributed by atoms with Crippen molar-refractivity contribution in [3.05, 3.63) is 41.0 Å². The average molecular weight is 223 g/mol. The molecule has 1 aromatic rings. The number of allylic oxidation sites excluding steroid dienone is 1. The average Bonchev–Trinajstić information content (AvgIpc) is 2.27. The van der Waals surface area contributed by atoms with Gasteiger partial charge in [-0.1, -0.05) is 12.1 Å². The molecule has 1 aromatic carbocycles. The molecule has 0 saturated heterocycles. The first-order chi connectivity index (χ1) is 7.59. The van der Waals surface area contributed by atoms with Crippen LogP contribution < -0.4 is 5.73 Å². The van der Waals surface area contributed by atoms with Crippen LogP contribution in [0.5, 0.6) is 0 Å². The van der Waals surface area contributed by atoms with Crippen LogP contribution in [0.1, 0.15) is 30.4 Å². The molecule has 1 atom stereocenters. The molecule has 0 heterocycles. The van der Waals surface area contributed by atoms with Gasteiger partial charge in [-0.2, -0.15) is 0 Å². The first-order valence-corrected chi connectivity index (χ1v) is 5.49. The Hall–Kier alpha value is -1.22. The SMILES string of the molecule is Cc1ccc(F)c(C2=CCC(N)CC2)c1F. The van der Waals surface area contributed by atoms with Crippen molar-refractivity contribution in [3.63, 3.8) is 0 Å². The summed E-state index contributed by atoms with van der Waals surface area (Å²) in [5, 5.41) is 0. The van der Waals surface area contributed by atoms with Crippen LogP contribution in [-0.4, -0.2) is 6.04 Å². The van der Waals surface area contributed by atoms with E-state index in [9.17, 15) is 8.78 Å². The minimum Gasteiger partial charge on any atom is -0.327 e. The summed E-state index contributed by atoms with van der Waals surface area (Å²) in [7, 11) is 0. The molecule has 16 heavy (non-hydrogen) atoms. The summed E-state index contributed by atoms with van der Waals surface area (Å²) in [4.78, 5) is 0. The molecule has 1 aliphatic carbocycles. The van der Waals surface area contributed by atoms with Crippen molar-refractivity contribution in [2.75, 3.05) is 0 Å². The fraction of sp³-hybridized carbons (Fsp3) is 0.385. The molecule has 0 amide bonds. The number of hydrogen-bond donors (Lipinski definition) is 1. The van der Waals surface area contributed by atoms with Gasteiger partial charge in [0.2, 0.25) is 0 Å². The Bertz CT molecular complexity index is 438. The second kappa shape index (κ2) is 4.34. The van der Waals surface area contributed by atoms with Crippen LogP contribution in [0.25, 0.3) is 5.57 Å². The lowest BCUT2D eigenvalue weighted by atomic mass is 9.90. The van der Waals surface area contributed by atoms with Gasteiger partial charge in [0.05, 0.1) is 0 Å². The van der Waals surface area contributed by atoms with E-state index in [1.807, 2.05) is 6.08 Å². The largest absolute Gasteiger partial charge is 0.327 e. The number of nitrogens with two attached hydrogens (primary N) is 1. The van der Waals surface area contributed by atoms with E-state index in [1.165, 1.54) is 12.1 Å². The Kier molecular flexibility index (Phi) is 3.06. The molecule has 0 spiro atoms. The predicted octanol–water partition coefficient (Wildman–Crippen LogP) is 3.17. The van der Waals surface area contributed by atoms with Gasteiger partial charge in [-0.05, 0) is 43.4 Å². The quantitative estimate of drug-likeness (QED) is 0.777. The maximum atomic E-state index is 13.8. The van der Waals surface area contributed by atoms with E-state index in [0.717, 1.165) is 12.0 Å². The zero-order valence-corrected chi connectivity index (χ0v) is 9.26. The highest BCUT2D eigenvalue weighted by molar-refractivity contribution is 5.68. The van der Waals surface area contributed by atoms with E-state index in [1.54, 1.807) is 6.92 Å². The van der Waals surface area contributed by atoms with Crippen molar-refractivity contribution >= 4 is 5.57 Å². The molecule has 0 radical (unpaired) electrons. The topological polar surface area (TPSA) is 26.0 Å². The fourth-order valence-electron chi connectivity index (χ4n) is 2.03. The molecule has 3 heteroatoms. The second-order valence-electron chi connectivity index (χ2n) is 4.32. The standard InChI is InChI=1S/C13H15F2N/c1-8-2-7-11(14)12(13(8)15)9-3-5-10(16)6-4-9/h2-3,7,10H,4-6,16H2,1H3. The molecule has 86 valence electrons. The first kappa shape index (κ1) is 11.3. The van der Waals surface area contributed by atoms with Crippen LogP contribution in [0.15, 0.2) is 18.2 Å². The third kappa shape index (κ3) is 2.00. The van der Waals surface area contributed by atoms with Crippen molar-refractivity contribution in [3.8, 4) is 0 Å². The van der Waals surface area contributed by atoms with Crippen molar-refractivity contribution in [2.24, 2.45) is 5.73 Å². The summed E-state index contributed by atoms with van der Waals surface area (Å²) in [5.74, 6) is -0.924. The van der Waals surface area contributed by atoms with E-state index in [2.05, 4.69) is 0 Å². The molecule has 1 unspecified atom stereocenters. The highest BCUT2D eigenvalue weighted by Crippen LogP contribution is 2.31. The molecular formula is C13H15F2N. The van der Waals surface area contributed by atoms with E-state index < -0.39 is 11.6 Å². The molecule has 0 aliphatic heterocycles. The van der Waals surface area contributed by atoms with Gasteiger partial charge in [-0.15, -0.1) is 0 Å². The summed E-state index contributed by atoms with van der Waals surface area (Å²) in [5.41, 5.74) is 7.11. The number of halogens is 2. The summed E-state index contributed by atoms with van der Waals surface area (Å²) in [6.45, 7) is 1.65. The maximum Gasteiger partial charge on any atom is 0.136 e. The van der Waals surface area contributed by atoms with Crippen LogP contribution in [0.3, 0.4) is 0 Å². The zero-order chi connectivity index (χ0) is 11.7. The molecular weight excluding hydrogens is 208 g/mol. The van der Waals surface area contributed by atoms with E-state index in [-0.39, 0.29) is 11.6 Å². The van der Waals surface area contributed by atoms with E-state index >= 15 is 0 Å². The normalized spacial score (nSPS) is 20.8. The van der Waals surface area contributed by atoms with Gasteiger partial charge in [0, 0.05) is 11.6 Å². The zero-order valence-electron chi connectivity index (χ0n) is 9.26. The highest BCUT2D eigenvalue weighted by atomic mass is 19.1. The highest BCUT2D eigenvalue weighted by Gasteiger charge is 2.19. The monoisotopic (exact) mass is 223 g/mol. The van der Waals surface area contributed by atoms with Crippen LogP contribution in [0.4, 0.5) is 8.78 Å². The summed E-state index contributed by atoms with van der Waals surface area (Å²) >= 11 is 0. The molecule has 0 bridgehead atoms. The van der Waals surface area contributed by atoms with Crippen molar-refractivity contribution in [2.45, 2.75) is 32.2 Å². The van der Waals surface area contributed by atoms with Crippen LogP contribution in [0.2, 0.25) is 0 Å². The van der Waals surface area contributed by atoms with E-state index in [0.29, 0.717) is 18.4 Å². The third-order valence-corrected chi connectivity index (χ3v) is 3.06. The van der Waals surface area contributed by atoms with E-state index in [4.69, 9.17) is 5.73 Å². The molecule has 2 rings (SSSR count). The molecule has 0 fully saturated rings. The number of aryl methyl sites for hydroxylation is 1. The van der Waals surface area contributed by atoms with Gasteiger partial charge in [0.15, 0.2) is 0 Å². The molecule has 0 saturated carbocycles. The van der Waals surface area contributed by atoms with Gasteiger partial charge in [0.1, 0.15) is 11.6 Å².